The Kier molecular flexibility index (Phi) is 2.49. The van der Waals surface area contributed by atoms with E-state index >= 15 is 0 Å². The van der Waals surface area contributed by atoms with Gasteiger partial charge in [-0.05, 0) is 49.9 Å². The van der Waals surface area contributed by atoms with Crippen LogP contribution in [0.25, 0.3) is 0 Å². The summed E-state index contributed by atoms with van der Waals surface area (Å²) in [5.41, 5.74) is -1.40. The fourth-order valence-electron chi connectivity index (χ4n) is 4.21. The van der Waals surface area contributed by atoms with Gasteiger partial charge in [0.15, 0.2) is 5.60 Å². The first kappa shape index (κ1) is 11.5. The van der Waals surface area contributed by atoms with E-state index in [2.05, 4.69) is 10.1 Å². The Bertz CT molecular complexity index is 326. The molecule has 2 N–H and O–H groups in total. The lowest BCUT2D eigenvalue weighted by atomic mass is 10.0. The number of methoxy groups -OCH3 is 1. The van der Waals surface area contributed by atoms with E-state index in [4.69, 9.17) is 0 Å². The zero-order valence-corrected chi connectivity index (χ0v) is 10.5. The molecule has 4 heteroatoms. The van der Waals surface area contributed by atoms with Gasteiger partial charge in [-0.25, -0.2) is 4.79 Å². The van der Waals surface area contributed by atoms with Crippen molar-refractivity contribution in [2.45, 2.75) is 37.8 Å². The molecule has 3 fully saturated rings. The number of fused-ring (bicyclic) bond motifs is 5. The van der Waals surface area contributed by atoms with Crippen molar-refractivity contribution in [1.82, 2.24) is 5.32 Å². The molecule has 4 nitrogen and oxygen atoms in total. The van der Waals surface area contributed by atoms with Crippen LogP contribution in [0.5, 0.6) is 0 Å². The van der Waals surface area contributed by atoms with Crippen LogP contribution in [-0.2, 0) is 9.53 Å². The second kappa shape index (κ2) is 3.69. The van der Waals surface area contributed by atoms with Crippen molar-refractivity contribution in [3.8, 4) is 0 Å². The van der Waals surface area contributed by atoms with Crippen molar-refractivity contribution in [3.05, 3.63) is 0 Å². The van der Waals surface area contributed by atoms with E-state index in [0.29, 0.717) is 12.6 Å². The molecule has 0 radical (unpaired) electrons. The molecule has 3 saturated carbocycles. The number of ether oxygens (including phenoxy) is 1. The Balaban J connectivity index is 1.52. The number of hydrogen-bond acceptors (Lipinski definition) is 4. The summed E-state index contributed by atoms with van der Waals surface area (Å²) in [6.07, 6.45) is 4.19. The lowest BCUT2D eigenvalue weighted by Gasteiger charge is -2.21. The van der Waals surface area contributed by atoms with Gasteiger partial charge in [0.2, 0.25) is 0 Å². The summed E-state index contributed by atoms with van der Waals surface area (Å²) in [5, 5.41) is 13.3. The Morgan fingerprint density at radius 3 is 2.53 bits per heavy atom. The summed E-state index contributed by atoms with van der Waals surface area (Å²) in [5.74, 6) is 2.90. The molecule has 96 valence electrons. The lowest BCUT2D eigenvalue weighted by Crippen LogP contribution is -2.47. The zero-order valence-electron chi connectivity index (χ0n) is 10.5. The van der Waals surface area contributed by atoms with Gasteiger partial charge in [0.25, 0.3) is 0 Å². The Labute approximate surface area is 102 Å². The van der Waals surface area contributed by atoms with Gasteiger partial charge < -0.3 is 15.2 Å². The molecule has 0 aromatic rings. The third kappa shape index (κ3) is 1.69. The largest absolute Gasteiger partial charge is 0.467 e. The number of aliphatic hydroxyl groups is 1. The highest BCUT2D eigenvalue weighted by molar-refractivity contribution is 5.78. The molecule has 0 aliphatic heterocycles. The minimum atomic E-state index is -1.40. The van der Waals surface area contributed by atoms with Gasteiger partial charge in [0, 0.05) is 12.6 Å². The molecule has 5 unspecified atom stereocenters. The van der Waals surface area contributed by atoms with Crippen molar-refractivity contribution < 1.29 is 14.6 Å². The third-order valence-electron chi connectivity index (χ3n) is 5.04. The summed E-state index contributed by atoms with van der Waals surface area (Å²) in [4.78, 5) is 11.3. The average Bonchev–Trinajstić information content (AvgIpc) is 2.69. The van der Waals surface area contributed by atoms with Crippen LogP contribution in [0, 0.1) is 23.7 Å². The number of rotatable bonds is 4. The first-order valence-corrected chi connectivity index (χ1v) is 6.59. The molecule has 0 spiro atoms. The first-order chi connectivity index (χ1) is 8.04. The second-order valence-corrected chi connectivity index (χ2v) is 6.16. The number of carbonyl (C=O) groups excluding carboxylic acids is 1. The summed E-state index contributed by atoms with van der Waals surface area (Å²) >= 11 is 0. The summed E-state index contributed by atoms with van der Waals surface area (Å²) in [7, 11) is 1.31. The van der Waals surface area contributed by atoms with Crippen LogP contribution in [0.15, 0.2) is 0 Å². The normalized spacial score (nSPS) is 45.2. The maximum atomic E-state index is 11.3. The van der Waals surface area contributed by atoms with Gasteiger partial charge in [-0.3, -0.25) is 0 Å². The van der Waals surface area contributed by atoms with E-state index in [-0.39, 0.29) is 0 Å². The predicted octanol–water partition coefficient (Wildman–Crippen LogP) is 0.544. The maximum Gasteiger partial charge on any atom is 0.338 e. The van der Waals surface area contributed by atoms with Gasteiger partial charge in [0.1, 0.15) is 0 Å². The number of carbonyl (C=O) groups is 1. The van der Waals surface area contributed by atoms with Gasteiger partial charge in [-0.1, -0.05) is 0 Å². The van der Waals surface area contributed by atoms with Gasteiger partial charge in [0.05, 0.1) is 7.11 Å². The fraction of sp³-hybridized carbons (Fsp3) is 0.923. The Hall–Kier alpha value is -0.610. The predicted molar refractivity (Wildman–Crippen MR) is 62.2 cm³/mol. The van der Waals surface area contributed by atoms with Crippen LogP contribution < -0.4 is 5.32 Å². The van der Waals surface area contributed by atoms with Gasteiger partial charge in [-0.2, -0.15) is 0 Å². The molecular weight excluding hydrogens is 218 g/mol. The van der Waals surface area contributed by atoms with Crippen molar-refractivity contribution in [2.75, 3.05) is 13.7 Å². The highest BCUT2D eigenvalue weighted by atomic mass is 16.5. The number of esters is 1. The molecule has 3 rings (SSSR count). The zero-order chi connectivity index (χ0) is 12.2. The van der Waals surface area contributed by atoms with Crippen LogP contribution in [-0.4, -0.2) is 36.4 Å². The quantitative estimate of drug-likeness (QED) is 0.703. The molecule has 0 saturated heterocycles. The van der Waals surface area contributed by atoms with Crippen molar-refractivity contribution in [3.63, 3.8) is 0 Å². The lowest BCUT2D eigenvalue weighted by molar-refractivity contribution is -0.160. The molecule has 0 aromatic heterocycles. The minimum absolute atomic E-state index is 0.302. The Morgan fingerprint density at radius 1 is 1.41 bits per heavy atom. The minimum Gasteiger partial charge on any atom is -0.467 e. The third-order valence-corrected chi connectivity index (χ3v) is 5.04. The number of nitrogens with one attached hydrogen (secondary N) is 1. The molecular formula is C13H21NO3. The van der Waals surface area contributed by atoms with E-state index in [1.54, 1.807) is 0 Å². The van der Waals surface area contributed by atoms with Crippen molar-refractivity contribution in [2.24, 2.45) is 23.7 Å². The Morgan fingerprint density at radius 2 is 2.00 bits per heavy atom. The molecule has 5 atom stereocenters. The van der Waals surface area contributed by atoms with Crippen LogP contribution in [0.3, 0.4) is 0 Å². The molecule has 2 bridgehead atoms. The first-order valence-electron chi connectivity index (χ1n) is 6.59. The van der Waals surface area contributed by atoms with Gasteiger partial charge in [-0.15, -0.1) is 0 Å². The van der Waals surface area contributed by atoms with Crippen LogP contribution in [0.1, 0.15) is 26.2 Å². The average molecular weight is 239 g/mol. The van der Waals surface area contributed by atoms with Crippen LogP contribution in [0.2, 0.25) is 0 Å². The van der Waals surface area contributed by atoms with E-state index in [1.165, 1.54) is 33.3 Å². The van der Waals surface area contributed by atoms with E-state index in [9.17, 15) is 9.90 Å². The van der Waals surface area contributed by atoms with E-state index in [0.717, 1.165) is 23.7 Å². The highest BCUT2D eigenvalue weighted by Gasteiger charge is 2.64. The van der Waals surface area contributed by atoms with Crippen LogP contribution >= 0.6 is 0 Å². The van der Waals surface area contributed by atoms with E-state index in [1.807, 2.05) is 0 Å². The summed E-state index contributed by atoms with van der Waals surface area (Å²) < 4.78 is 4.59. The second-order valence-electron chi connectivity index (χ2n) is 6.16. The smallest absolute Gasteiger partial charge is 0.338 e. The summed E-state index contributed by atoms with van der Waals surface area (Å²) in [6.45, 7) is 1.81. The number of hydrogen-bond donors (Lipinski definition) is 2. The fourth-order valence-corrected chi connectivity index (χ4v) is 4.21. The molecule has 0 heterocycles. The maximum absolute atomic E-state index is 11.3. The standard InChI is InChI=1S/C13H21NO3/c1-13(16,12(15)17-2)6-14-11-9-7-3-4-8(5-7)10(9)11/h7-11,14,16H,3-6H2,1-2H3. The van der Waals surface area contributed by atoms with Crippen LogP contribution in [0.4, 0.5) is 0 Å². The van der Waals surface area contributed by atoms with Crippen molar-refractivity contribution >= 4 is 5.97 Å². The molecule has 3 aliphatic rings. The molecule has 17 heavy (non-hydrogen) atoms. The highest BCUT2D eigenvalue weighted by Crippen LogP contribution is 2.65. The monoisotopic (exact) mass is 239 g/mol. The summed E-state index contributed by atoms with van der Waals surface area (Å²) in [6, 6.07) is 0.539. The molecule has 0 aromatic carbocycles. The van der Waals surface area contributed by atoms with Gasteiger partial charge >= 0.3 is 5.97 Å². The van der Waals surface area contributed by atoms with E-state index < -0.39 is 11.6 Å². The molecule has 0 amide bonds. The molecule has 3 aliphatic carbocycles. The topological polar surface area (TPSA) is 58.6 Å². The SMILES string of the molecule is COC(=O)C(C)(O)CNC1C2C3CCC(C3)C12. The van der Waals surface area contributed by atoms with Crippen molar-refractivity contribution in [1.29, 1.82) is 0 Å².